The molecule has 9 heteroatoms. The molecule has 2 heterocycles. The Kier molecular flexibility index (Phi) is 5.81. The van der Waals surface area contributed by atoms with Gasteiger partial charge in [0.2, 0.25) is 10.0 Å². The zero-order chi connectivity index (χ0) is 19.6. The predicted octanol–water partition coefficient (Wildman–Crippen LogP) is 2.79. The fourth-order valence-electron chi connectivity index (χ4n) is 2.93. The average molecular weight is 410 g/mol. The van der Waals surface area contributed by atoms with Crippen molar-refractivity contribution in [3.8, 4) is 0 Å². The summed E-state index contributed by atoms with van der Waals surface area (Å²) in [5.74, 6) is -0.356. The van der Waals surface area contributed by atoms with Crippen LogP contribution in [0.1, 0.15) is 24.2 Å². The molecule has 144 valence electrons. The molecular weight excluding hydrogens is 390 g/mol. The zero-order valence-corrected chi connectivity index (χ0v) is 16.5. The van der Waals surface area contributed by atoms with Gasteiger partial charge in [0.05, 0.1) is 17.1 Å². The Balaban J connectivity index is 1.74. The summed E-state index contributed by atoms with van der Waals surface area (Å²) in [6.45, 7) is 4.33. The maximum Gasteiger partial charge on any atom is 0.255 e. The second kappa shape index (κ2) is 7.93. The monoisotopic (exact) mass is 409 g/mol. The average Bonchev–Trinajstić information content (AvgIpc) is 2.61. The van der Waals surface area contributed by atoms with Crippen LogP contribution in [-0.4, -0.2) is 48.9 Å². The van der Waals surface area contributed by atoms with Gasteiger partial charge in [-0.15, -0.1) is 0 Å². The highest BCUT2D eigenvalue weighted by molar-refractivity contribution is 7.89. The van der Waals surface area contributed by atoms with Gasteiger partial charge in [-0.2, -0.15) is 4.31 Å². The molecule has 0 radical (unpaired) electrons. The number of aromatic nitrogens is 1. The molecule has 3 rings (SSSR count). The molecule has 1 aromatic carbocycles. The molecule has 1 N–H and O–H groups in total. The lowest BCUT2D eigenvalue weighted by Crippen LogP contribution is -2.48. The second-order valence-corrected chi connectivity index (χ2v) is 8.75. The second-order valence-electron chi connectivity index (χ2n) is 6.43. The van der Waals surface area contributed by atoms with E-state index in [2.05, 4.69) is 10.3 Å². The lowest BCUT2D eigenvalue weighted by atomic mass is 10.2. The van der Waals surface area contributed by atoms with Crippen molar-refractivity contribution < 1.29 is 17.9 Å². The summed E-state index contributed by atoms with van der Waals surface area (Å²) in [5.41, 5.74) is 0.846. The summed E-state index contributed by atoms with van der Waals surface area (Å²) in [6, 6.07) is 9.07. The maximum absolute atomic E-state index is 12.8. The number of anilines is 1. The summed E-state index contributed by atoms with van der Waals surface area (Å²) in [7, 11) is -3.62. The number of morpholine rings is 1. The van der Waals surface area contributed by atoms with Crippen LogP contribution in [0.3, 0.4) is 0 Å². The first-order valence-electron chi connectivity index (χ1n) is 8.44. The third-order valence-corrected chi connectivity index (χ3v) is 6.18. The lowest BCUT2D eigenvalue weighted by Gasteiger charge is -2.34. The quantitative estimate of drug-likeness (QED) is 0.784. The number of nitrogens with one attached hydrogen (secondary N) is 1. The molecule has 0 aliphatic carbocycles. The normalized spacial score (nSPS) is 21.0. The number of benzene rings is 1. The van der Waals surface area contributed by atoms with Crippen LogP contribution in [0, 0.1) is 0 Å². The molecule has 0 spiro atoms. The zero-order valence-electron chi connectivity index (χ0n) is 14.9. The van der Waals surface area contributed by atoms with Crippen molar-refractivity contribution in [1.29, 1.82) is 0 Å². The summed E-state index contributed by atoms with van der Waals surface area (Å²) < 4.78 is 32.7. The van der Waals surface area contributed by atoms with Gasteiger partial charge in [0.25, 0.3) is 5.91 Å². The van der Waals surface area contributed by atoms with Crippen LogP contribution >= 0.6 is 11.6 Å². The molecule has 1 aromatic heterocycles. The minimum absolute atomic E-state index is 0.158. The maximum atomic E-state index is 12.8. The van der Waals surface area contributed by atoms with E-state index in [1.807, 2.05) is 13.8 Å². The number of carbonyl (C=O) groups is 1. The first kappa shape index (κ1) is 19.8. The molecule has 7 nitrogen and oxygen atoms in total. The highest BCUT2D eigenvalue weighted by Crippen LogP contribution is 2.22. The molecule has 0 unspecified atom stereocenters. The summed E-state index contributed by atoms with van der Waals surface area (Å²) in [6.07, 6.45) is 1.13. The Morgan fingerprint density at radius 1 is 1.19 bits per heavy atom. The van der Waals surface area contributed by atoms with Crippen LogP contribution in [0.2, 0.25) is 5.15 Å². The fraction of sp³-hybridized carbons (Fsp3) is 0.333. The summed E-state index contributed by atoms with van der Waals surface area (Å²) in [4.78, 5) is 16.2. The molecule has 27 heavy (non-hydrogen) atoms. The number of pyridine rings is 1. The lowest BCUT2D eigenvalue weighted by molar-refractivity contribution is -0.0440. The van der Waals surface area contributed by atoms with Crippen LogP contribution in [0.15, 0.2) is 47.5 Å². The van der Waals surface area contributed by atoms with E-state index in [9.17, 15) is 13.2 Å². The number of amides is 1. The predicted molar refractivity (Wildman–Crippen MR) is 102 cm³/mol. The number of rotatable bonds is 4. The van der Waals surface area contributed by atoms with Gasteiger partial charge in [-0.3, -0.25) is 4.79 Å². The van der Waals surface area contributed by atoms with Crippen molar-refractivity contribution in [2.45, 2.75) is 31.0 Å². The van der Waals surface area contributed by atoms with Crippen molar-refractivity contribution in [2.24, 2.45) is 0 Å². The van der Waals surface area contributed by atoms with Crippen LogP contribution in [0.4, 0.5) is 5.69 Å². The number of hydrogen-bond donors (Lipinski definition) is 1. The van der Waals surface area contributed by atoms with Crippen molar-refractivity contribution >= 4 is 33.2 Å². The first-order valence-corrected chi connectivity index (χ1v) is 10.3. The van der Waals surface area contributed by atoms with Gasteiger partial charge in [0.15, 0.2) is 0 Å². The fourth-order valence-corrected chi connectivity index (χ4v) is 4.70. The Labute approximate surface area is 163 Å². The van der Waals surface area contributed by atoms with E-state index >= 15 is 0 Å². The Morgan fingerprint density at radius 2 is 1.81 bits per heavy atom. The van der Waals surface area contributed by atoms with Gasteiger partial charge in [-0.05, 0) is 50.2 Å². The van der Waals surface area contributed by atoms with E-state index in [4.69, 9.17) is 16.3 Å². The van der Waals surface area contributed by atoms with E-state index in [1.165, 1.54) is 28.7 Å². The Morgan fingerprint density at radius 3 is 2.41 bits per heavy atom. The van der Waals surface area contributed by atoms with Crippen LogP contribution in [0.25, 0.3) is 0 Å². The van der Waals surface area contributed by atoms with Gasteiger partial charge in [-0.1, -0.05) is 11.6 Å². The minimum atomic E-state index is -3.62. The molecule has 1 amide bonds. The third-order valence-electron chi connectivity index (χ3n) is 4.12. The van der Waals surface area contributed by atoms with Crippen molar-refractivity contribution in [1.82, 2.24) is 9.29 Å². The Bertz CT molecular complexity index is 924. The van der Waals surface area contributed by atoms with E-state index in [0.717, 1.165) is 0 Å². The Hall–Kier alpha value is -2.00. The minimum Gasteiger partial charge on any atom is -0.373 e. The molecule has 0 bridgehead atoms. The largest absolute Gasteiger partial charge is 0.373 e. The van der Waals surface area contributed by atoms with E-state index in [1.54, 1.807) is 18.2 Å². The highest BCUT2D eigenvalue weighted by Gasteiger charge is 2.32. The molecule has 1 aliphatic rings. The van der Waals surface area contributed by atoms with Gasteiger partial charge in [0, 0.05) is 30.5 Å². The van der Waals surface area contributed by atoms with Crippen molar-refractivity contribution in [3.05, 3.63) is 53.3 Å². The molecule has 2 atom stereocenters. The molecule has 2 aromatic rings. The number of nitrogens with zero attached hydrogens (tertiary/aromatic N) is 2. The van der Waals surface area contributed by atoms with E-state index in [-0.39, 0.29) is 28.2 Å². The van der Waals surface area contributed by atoms with Gasteiger partial charge in [-0.25, -0.2) is 13.4 Å². The summed E-state index contributed by atoms with van der Waals surface area (Å²) >= 11 is 5.79. The van der Waals surface area contributed by atoms with E-state index < -0.39 is 10.0 Å². The van der Waals surface area contributed by atoms with Crippen LogP contribution in [0.5, 0.6) is 0 Å². The van der Waals surface area contributed by atoms with E-state index in [0.29, 0.717) is 24.3 Å². The number of carbonyl (C=O) groups excluding carboxylic acids is 1. The van der Waals surface area contributed by atoms with Crippen molar-refractivity contribution in [3.63, 3.8) is 0 Å². The summed E-state index contributed by atoms with van der Waals surface area (Å²) in [5, 5.41) is 2.92. The third kappa shape index (κ3) is 4.65. The molecule has 1 saturated heterocycles. The van der Waals surface area contributed by atoms with Crippen LogP contribution in [-0.2, 0) is 14.8 Å². The van der Waals surface area contributed by atoms with Crippen LogP contribution < -0.4 is 5.32 Å². The SMILES string of the molecule is C[C@@H]1CN(S(=O)(=O)c2ccc(NC(=O)c3ccnc(Cl)c3)cc2)C[C@H](C)O1. The topological polar surface area (TPSA) is 88.6 Å². The molecule has 0 saturated carbocycles. The smallest absolute Gasteiger partial charge is 0.255 e. The van der Waals surface area contributed by atoms with Gasteiger partial charge >= 0.3 is 0 Å². The number of halogens is 1. The highest BCUT2D eigenvalue weighted by atomic mass is 35.5. The first-order chi connectivity index (χ1) is 12.8. The van der Waals surface area contributed by atoms with Crippen molar-refractivity contribution in [2.75, 3.05) is 18.4 Å². The molecule has 1 aliphatic heterocycles. The number of ether oxygens (including phenoxy) is 1. The molecular formula is C18H20ClN3O4S. The van der Waals surface area contributed by atoms with Gasteiger partial charge in [0.1, 0.15) is 5.15 Å². The van der Waals surface area contributed by atoms with Gasteiger partial charge < -0.3 is 10.1 Å². The number of hydrogen-bond acceptors (Lipinski definition) is 5. The standard InChI is InChI=1S/C18H20ClN3O4S/c1-12-10-22(11-13(2)26-12)27(24,25)16-5-3-15(4-6-16)21-18(23)14-7-8-20-17(19)9-14/h3-9,12-13H,10-11H2,1-2H3,(H,21,23)/t12-,13+. The number of sulfonamides is 1. The molecule has 1 fully saturated rings.